The summed E-state index contributed by atoms with van der Waals surface area (Å²) in [5, 5.41) is 13.1. The minimum Gasteiger partial charge on any atom is -0.479 e. The molecule has 1 aliphatic heterocycles. The van der Waals surface area contributed by atoms with Crippen LogP contribution in [0.3, 0.4) is 0 Å². The number of ether oxygens (including phenoxy) is 1. The van der Waals surface area contributed by atoms with E-state index in [0.717, 1.165) is 38.5 Å². The summed E-state index contributed by atoms with van der Waals surface area (Å²) in [6.45, 7) is 11.6. The fraction of sp³-hybridized carbons (Fsp3) is 0.905. The molecule has 2 fully saturated rings. The summed E-state index contributed by atoms with van der Waals surface area (Å²) in [5.41, 5.74) is 0. The second kappa shape index (κ2) is 9.72. The van der Waals surface area contributed by atoms with Crippen LogP contribution in [0, 0.1) is 11.8 Å². The maximum atomic E-state index is 13.0. The van der Waals surface area contributed by atoms with E-state index in [4.69, 9.17) is 9.16 Å². The molecule has 2 N–H and O–H groups in total. The molecular formula is C21H39NO5Si. The fourth-order valence-corrected chi connectivity index (χ4v) is 5.17. The van der Waals surface area contributed by atoms with E-state index in [2.05, 4.69) is 39.2 Å². The van der Waals surface area contributed by atoms with Crippen LogP contribution in [-0.4, -0.2) is 50.7 Å². The molecule has 1 heterocycles. The lowest BCUT2D eigenvalue weighted by atomic mass is 9.85. The Hall–Kier alpha value is -0.923. The van der Waals surface area contributed by atoms with Crippen molar-refractivity contribution in [1.29, 1.82) is 0 Å². The van der Waals surface area contributed by atoms with E-state index in [1.165, 1.54) is 6.42 Å². The standard InChI is InChI=1S/C21H39NO5Si/c1-21(2,3)28(4,5)27-18(20(24)25)17(15-11-13-26-14-12-15)22-19(23)16-9-7-6-8-10-16/h15-18H,6-14H2,1-5H3,(H,22,23)(H,24,25). The van der Waals surface area contributed by atoms with Gasteiger partial charge in [0.1, 0.15) is 0 Å². The molecule has 0 aromatic heterocycles. The normalized spacial score (nSPS) is 22.5. The van der Waals surface area contributed by atoms with Crippen LogP contribution >= 0.6 is 0 Å². The number of nitrogens with one attached hydrogen (secondary N) is 1. The minimum absolute atomic E-state index is 0.00118. The van der Waals surface area contributed by atoms with E-state index in [0.29, 0.717) is 13.2 Å². The van der Waals surface area contributed by atoms with Crippen LogP contribution in [0.25, 0.3) is 0 Å². The molecule has 2 aliphatic rings. The van der Waals surface area contributed by atoms with Gasteiger partial charge in [-0.2, -0.15) is 0 Å². The van der Waals surface area contributed by atoms with Crippen LogP contribution in [0.4, 0.5) is 0 Å². The smallest absolute Gasteiger partial charge is 0.333 e. The predicted octanol–water partition coefficient (Wildman–Crippen LogP) is 3.95. The zero-order chi connectivity index (χ0) is 20.9. The number of amides is 1. The van der Waals surface area contributed by atoms with Crippen LogP contribution in [-0.2, 0) is 18.8 Å². The largest absolute Gasteiger partial charge is 0.479 e. The fourth-order valence-electron chi connectivity index (χ4n) is 3.93. The maximum absolute atomic E-state index is 13.0. The third kappa shape index (κ3) is 6.04. The van der Waals surface area contributed by atoms with Gasteiger partial charge in [0.15, 0.2) is 14.4 Å². The van der Waals surface area contributed by atoms with Crippen LogP contribution in [0.15, 0.2) is 0 Å². The topological polar surface area (TPSA) is 84.9 Å². The van der Waals surface area contributed by atoms with Gasteiger partial charge in [0.2, 0.25) is 5.91 Å². The molecule has 0 aromatic carbocycles. The third-order valence-electron chi connectivity index (χ3n) is 6.86. The van der Waals surface area contributed by atoms with Crippen molar-refractivity contribution in [3.05, 3.63) is 0 Å². The van der Waals surface area contributed by atoms with Gasteiger partial charge in [-0.05, 0) is 49.7 Å². The molecule has 0 radical (unpaired) electrons. The molecule has 6 nitrogen and oxygen atoms in total. The Bertz CT molecular complexity index is 533. The van der Waals surface area contributed by atoms with Crippen molar-refractivity contribution in [3.63, 3.8) is 0 Å². The summed E-state index contributed by atoms with van der Waals surface area (Å²) in [6, 6.07) is -0.509. The first kappa shape index (κ1) is 23.4. The molecule has 162 valence electrons. The average Bonchev–Trinajstić information content (AvgIpc) is 2.64. The van der Waals surface area contributed by atoms with E-state index in [1.807, 2.05) is 0 Å². The van der Waals surface area contributed by atoms with Crippen LogP contribution in [0.1, 0.15) is 65.7 Å². The quantitative estimate of drug-likeness (QED) is 0.617. The molecule has 2 atom stereocenters. The van der Waals surface area contributed by atoms with Crippen molar-refractivity contribution >= 4 is 20.2 Å². The Morgan fingerprint density at radius 2 is 1.64 bits per heavy atom. The lowest BCUT2D eigenvalue weighted by Gasteiger charge is -2.42. The van der Waals surface area contributed by atoms with E-state index in [9.17, 15) is 14.7 Å². The molecular weight excluding hydrogens is 374 g/mol. The van der Waals surface area contributed by atoms with Gasteiger partial charge in [0.05, 0.1) is 6.04 Å². The molecule has 1 saturated heterocycles. The second-order valence-corrected chi connectivity index (χ2v) is 14.7. The highest BCUT2D eigenvalue weighted by atomic mass is 28.4. The van der Waals surface area contributed by atoms with Crippen molar-refractivity contribution in [3.8, 4) is 0 Å². The van der Waals surface area contributed by atoms with Crippen molar-refractivity contribution in [2.24, 2.45) is 11.8 Å². The van der Waals surface area contributed by atoms with Gasteiger partial charge in [0.25, 0.3) is 0 Å². The maximum Gasteiger partial charge on any atom is 0.333 e. The molecule has 2 rings (SSSR count). The highest BCUT2D eigenvalue weighted by molar-refractivity contribution is 6.74. The lowest BCUT2D eigenvalue weighted by molar-refractivity contribution is -0.149. The molecule has 1 saturated carbocycles. The Morgan fingerprint density at radius 3 is 2.14 bits per heavy atom. The number of hydrogen-bond donors (Lipinski definition) is 2. The van der Waals surface area contributed by atoms with Gasteiger partial charge in [0, 0.05) is 19.1 Å². The first-order valence-electron chi connectivity index (χ1n) is 10.8. The zero-order valence-corrected chi connectivity index (χ0v) is 19.3. The molecule has 0 bridgehead atoms. The van der Waals surface area contributed by atoms with Gasteiger partial charge >= 0.3 is 5.97 Å². The molecule has 0 spiro atoms. The number of aliphatic carboxylic acids is 1. The zero-order valence-electron chi connectivity index (χ0n) is 18.3. The van der Waals surface area contributed by atoms with Crippen LogP contribution < -0.4 is 5.32 Å². The molecule has 28 heavy (non-hydrogen) atoms. The average molecular weight is 414 g/mol. The number of carboxylic acids is 1. The number of hydrogen-bond acceptors (Lipinski definition) is 4. The Kier molecular flexibility index (Phi) is 8.11. The first-order chi connectivity index (χ1) is 13.0. The highest BCUT2D eigenvalue weighted by Crippen LogP contribution is 2.38. The number of carboxylic acid groups (broad SMARTS) is 1. The summed E-state index contributed by atoms with van der Waals surface area (Å²) in [6.07, 6.45) is 5.60. The molecule has 1 amide bonds. The van der Waals surface area contributed by atoms with E-state index >= 15 is 0 Å². The van der Waals surface area contributed by atoms with Crippen molar-refractivity contribution in [1.82, 2.24) is 5.32 Å². The SMILES string of the molecule is CC(C)(C)[Si](C)(C)OC(C(=O)O)C(NC(=O)C1CCCCC1)C1CCOCC1. The highest BCUT2D eigenvalue weighted by Gasteiger charge is 2.45. The third-order valence-corrected chi connectivity index (χ3v) is 11.3. The van der Waals surface area contributed by atoms with Crippen LogP contribution in [0.2, 0.25) is 18.1 Å². The van der Waals surface area contributed by atoms with Gasteiger partial charge < -0.3 is 19.6 Å². The van der Waals surface area contributed by atoms with Gasteiger partial charge in [-0.3, -0.25) is 4.79 Å². The summed E-state index contributed by atoms with van der Waals surface area (Å²) < 4.78 is 11.8. The van der Waals surface area contributed by atoms with Crippen molar-refractivity contribution in [2.45, 2.75) is 96.0 Å². The van der Waals surface area contributed by atoms with Crippen molar-refractivity contribution in [2.75, 3.05) is 13.2 Å². The van der Waals surface area contributed by atoms with Gasteiger partial charge in [-0.25, -0.2) is 4.79 Å². The predicted molar refractivity (Wildman–Crippen MR) is 112 cm³/mol. The van der Waals surface area contributed by atoms with Gasteiger partial charge in [-0.15, -0.1) is 0 Å². The number of carbonyl (C=O) groups is 2. The lowest BCUT2D eigenvalue weighted by Crippen LogP contribution is -2.58. The first-order valence-corrected chi connectivity index (χ1v) is 13.7. The molecule has 7 heteroatoms. The molecule has 1 aliphatic carbocycles. The Balaban J connectivity index is 2.23. The van der Waals surface area contributed by atoms with Crippen molar-refractivity contribution < 1.29 is 23.9 Å². The summed E-state index contributed by atoms with van der Waals surface area (Å²) in [7, 11) is -2.31. The number of carbonyl (C=O) groups excluding carboxylic acids is 1. The Morgan fingerprint density at radius 1 is 1.07 bits per heavy atom. The monoisotopic (exact) mass is 413 g/mol. The minimum atomic E-state index is -2.31. The molecule has 2 unspecified atom stereocenters. The Labute approximate surface area is 170 Å². The van der Waals surface area contributed by atoms with Gasteiger partial charge in [-0.1, -0.05) is 40.0 Å². The summed E-state index contributed by atoms with van der Waals surface area (Å²) >= 11 is 0. The summed E-state index contributed by atoms with van der Waals surface area (Å²) in [4.78, 5) is 25.2. The van der Waals surface area contributed by atoms with E-state index < -0.39 is 26.4 Å². The van der Waals surface area contributed by atoms with E-state index in [-0.39, 0.29) is 22.8 Å². The number of rotatable bonds is 7. The second-order valence-electron chi connectivity index (χ2n) is 9.96. The van der Waals surface area contributed by atoms with Crippen LogP contribution in [0.5, 0.6) is 0 Å². The molecule has 0 aromatic rings. The van der Waals surface area contributed by atoms with E-state index in [1.54, 1.807) is 0 Å². The summed E-state index contributed by atoms with van der Waals surface area (Å²) in [5.74, 6) is -0.919.